The van der Waals surface area contributed by atoms with E-state index >= 15 is 0 Å². The number of hydrogen-bond donors (Lipinski definition) is 3. The number of primary amides is 1. The number of nitrogens with two attached hydrogens (primary N) is 1. The fraction of sp³-hybridized carbons (Fsp3) is 0.421. The molecule has 2 atom stereocenters. The highest BCUT2D eigenvalue weighted by Gasteiger charge is 2.40. The second-order valence-electron chi connectivity index (χ2n) is 6.15. The number of amides is 3. The lowest BCUT2D eigenvalue weighted by Crippen LogP contribution is -2.51. The van der Waals surface area contributed by atoms with Gasteiger partial charge >= 0.3 is 12.0 Å². The number of allylic oxidation sites excluding steroid dienone is 1. The molecule has 2 rings (SSSR count). The summed E-state index contributed by atoms with van der Waals surface area (Å²) in [5.74, 6) is -1.52. The number of esters is 1. The van der Waals surface area contributed by atoms with Gasteiger partial charge in [0.2, 0.25) is 0 Å². The molecule has 0 aliphatic carbocycles. The van der Waals surface area contributed by atoms with Gasteiger partial charge in [-0.1, -0.05) is 24.6 Å². The molecule has 1 aliphatic rings. The van der Waals surface area contributed by atoms with E-state index in [1.807, 2.05) is 6.92 Å². The van der Waals surface area contributed by atoms with E-state index in [0.717, 1.165) is 0 Å². The average Bonchev–Trinajstić information content (AvgIpc) is 2.66. The standard InChI is InChI=1S/C19H24ClN3O6/c1-4-6-12-16(18(25)28-5-2)17(23-19(26)22-12)10-7-13(27-3)14(8-11(10)20)29-9-15(21)24/h6-8,16-17H,4-5,9H2,1-3H3,(H2,21,24)(H2,22,23,26)/b12-6+/t16-,17+/m1/s1. The Bertz CT molecular complexity index is 826. The summed E-state index contributed by atoms with van der Waals surface area (Å²) >= 11 is 6.43. The molecule has 0 saturated carbocycles. The maximum atomic E-state index is 12.7. The topological polar surface area (TPSA) is 129 Å². The fourth-order valence-electron chi connectivity index (χ4n) is 3.01. The Balaban J connectivity index is 2.52. The number of halogens is 1. The highest BCUT2D eigenvalue weighted by atomic mass is 35.5. The van der Waals surface area contributed by atoms with Gasteiger partial charge in [-0.25, -0.2) is 4.79 Å². The van der Waals surface area contributed by atoms with Crippen LogP contribution in [0.1, 0.15) is 31.9 Å². The molecule has 1 heterocycles. The predicted octanol–water partition coefficient (Wildman–Crippen LogP) is 2.04. The van der Waals surface area contributed by atoms with Gasteiger partial charge in [-0.3, -0.25) is 9.59 Å². The lowest BCUT2D eigenvalue weighted by Gasteiger charge is -2.34. The van der Waals surface area contributed by atoms with Gasteiger partial charge in [0, 0.05) is 16.8 Å². The van der Waals surface area contributed by atoms with Crippen LogP contribution in [0.25, 0.3) is 0 Å². The molecule has 0 aromatic heterocycles. The van der Waals surface area contributed by atoms with Crippen LogP contribution in [0.3, 0.4) is 0 Å². The predicted molar refractivity (Wildman–Crippen MR) is 106 cm³/mol. The van der Waals surface area contributed by atoms with Crippen molar-refractivity contribution in [3.8, 4) is 11.5 Å². The molecule has 0 radical (unpaired) electrons. The van der Waals surface area contributed by atoms with Crippen LogP contribution in [0.5, 0.6) is 11.5 Å². The first-order chi connectivity index (χ1) is 13.8. The van der Waals surface area contributed by atoms with E-state index in [0.29, 0.717) is 17.7 Å². The van der Waals surface area contributed by atoms with E-state index in [-0.39, 0.29) is 29.7 Å². The van der Waals surface area contributed by atoms with Crippen molar-refractivity contribution in [1.29, 1.82) is 0 Å². The minimum Gasteiger partial charge on any atom is -0.493 e. The smallest absolute Gasteiger partial charge is 0.319 e. The first-order valence-corrected chi connectivity index (χ1v) is 9.42. The Hall–Kier alpha value is -2.94. The van der Waals surface area contributed by atoms with Gasteiger partial charge in [-0.15, -0.1) is 0 Å². The number of nitrogens with one attached hydrogen (secondary N) is 2. The number of ether oxygens (including phenoxy) is 3. The van der Waals surface area contributed by atoms with E-state index in [1.54, 1.807) is 19.1 Å². The molecule has 158 valence electrons. The summed E-state index contributed by atoms with van der Waals surface area (Å²) in [7, 11) is 1.41. The first-order valence-electron chi connectivity index (χ1n) is 9.05. The zero-order chi connectivity index (χ0) is 21.6. The number of carbonyl (C=O) groups excluding carboxylic acids is 3. The number of benzene rings is 1. The molecule has 1 aromatic carbocycles. The maximum Gasteiger partial charge on any atom is 0.319 e. The highest BCUT2D eigenvalue weighted by Crippen LogP contribution is 2.40. The molecule has 1 saturated heterocycles. The van der Waals surface area contributed by atoms with Crippen molar-refractivity contribution in [2.75, 3.05) is 20.3 Å². The number of methoxy groups -OCH3 is 1. The van der Waals surface area contributed by atoms with E-state index in [4.69, 9.17) is 31.5 Å². The van der Waals surface area contributed by atoms with Gasteiger partial charge in [0.05, 0.1) is 19.8 Å². The molecule has 0 unspecified atom stereocenters. The Morgan fingerprint density at radius 3 is 2.59 bits per heavy atom. The molecule has 0 bridgehead atoms. The minimum absolute atomic E-state index is 0.187. The van der Waals surface area contributed by atoms with Crippen LogP contribution in [-0.4, -0.2) is 38.2 Å². The molecule has 3 amide bonds. The second kappa shape index (κ2) is 10.0. The van der Waals surface area contributed by atoms with Crippen molar-refractivity contribution in [2.24, 2.45) is 11.7 Å². The van der Waals surface area contributed by atoms with Crippen LogP contribution >= 0.6 is 11.6 Å². The molecule has 1 fully saturated rings. The Morgan fingerprint density at radius 1 is 1.28 bits per heavy atom. The molecule has 1 aliphatic heterocycles. The largest absolute Gasteiger partial charge is 0.493 e. The van der Waals surface area contributed by atoms with Gasteiger partial charge in [-0.2, -0.15) is 0 Å². The third-order valence-corrected chi connectivity index (χ3v) is 4.49. The number of rotatable bonds is 8. The summed E-state index contributed by atoms with van der Waals surface area (Å²) in [6.45, 7) is 3.42. The van der Waals surface area contributed by atoms with Gasteiger partial charge in [0.15, 0.2) is 18.1 Å². The third-order valence-electron chi connectivity index (χ3n) is 4.17. The highest BCUT2D eigenvalue weighted by molar-refractivity contribution is 6.31. The van der Waals surface area contributed by atoms with Crippen molar-refractivity contribution in [3.05, 3.63) is 34.5 Å². The molecule has 1 aromatic rings. The molecule has 10 heteroatoms. The Morgan fingerprint density at radius 2 is 2.00 bits per heavy atom. The van der Waals surface area contributed by atoms with Gasteiger partial charge in [0.1, 0.15) is 5.92 Å². The lowest BCUT2D eigenvalue weighted by atomic mass is 9.87. The van der Waals surface area contributed by atoms with Crippen LogP contribution in [0.4, 0.5) is 4.79 Å². The summed E-state index contributed by atoms with van der Waals surface area (Å²) in [5.41, 5.74) is 5.97. The molecule has 0 spiro atoms. The van der Waals surface area contributed by atoms with Crippen molar-refractivity contribution in [1.82, 2.24) is 10.6 Å². The van der Waals surface area contributed by atoms with Crippen molar-refractivity contribution >= 4 is 29.5 Å². The molecular weight excluding hydrogens is 402 g/mol. The monoisotopic (exact) mass is 425 g/mol. The van der Waals surface area contributed by atoms with Crippen LogP contribution < -0.4 is 25.8 Å². The fourth-order valence-corrected chi connectivity index (χ4v) is 3.28. The van der Waals surface area contributed by atoms with Crippen molar-refractivity contribution in [3.63, 3.8) is 0 Å². The summed E-state index contributed by atoms with van der Waals surface area (Å²) in [6, 6.07) is 1.72. The summed E-state index contributed by atoms with van der Waals surface area (Å²) < 4.78 is 15.8. The van der Waals surface area contributed by atoms with Crippen LogP contribution in [-0.2, 0) is 14.3 Å². The van der Waals surface area contributed by atoms with Crippen LogP contribution in [0.15, 0.2) is 23.9 Å². The van der Waals surface area contributed by atoms with Gasteiger partial charge in [-0.05, 0) is 25.0 Å². The number of carbonyl (C=O) groups is 3. The van der Waals surface area contributed by atoms with Crippen molar-refractivity contribution in [2.45, 2.75) is 26.3 Å². The zero-order valence-electron chi connectivity index (χ0n) is 16.4. The Labute approximate surface area is 173 Å². The quantitative estimate of drug-likeness (QED) is 0.546. The van der Waals surface area contributed by atoms with Gasteiger partial charge in [0.25, 0.3) is 5.91 Å². The SMILES string of the molecule is CC/C=C1/NC(=O)N[C@@H](c2cc(OC)c(OCC(N)=O)cc2Cl)[C@@H]1C(=O)OCC. The zero-order valence-corrected chi connectivity index (χ0v) is 17.2. The molecule has 9 nitrogen and oxygen atoms in total. The normalized spacial score (nSPS) is 19.9. The minimum atomic E-state index is -0.827. The van der Waals surface area contributed by atoms with E-state index < -0.39 is 29.9 Å². The maximum absolute atomic E-state index is 12.7. The average molecular weight is 426 g/mol. The molecular formula is C19H24ClN3O6. The van der Waals surface area contributed by atoms with E-state index in [2.05, 4.69) is 10.6 Å². The molecule has 29 heavy (non-hydrogen) atoms. The third kappa shape index (κ3) is 5.32. The van der Waals surface area contributed by atoms with Gasteiger partial charge < -0.3 is 30.6 Å². The summed E-state index contributed by atoms with van der Waals surface area (Å²) in [5, 5.41) is 5.59. The van der Waals surface area contributed by atoms with E-state index in [9.17, 15) is 14.4 Å². The second-order valence-corrected chi connectivity index (χ2v) is 6.56. The lowest BCUT2D eigenvalue weighted by molar-refractivity contribution is -0.148. The number of hydrogen-bond acceptors (Lipinski definition) is 6. The van der Waals surface area contributed by atoms with Crippen LogP contribution in [0.2, 0.25) is 5.02 Å². The van der Waals surface area contributed by atoms with E-state index in [1.165, 1.54) is 13.2 Å². The van der Waals surface area contributed by atoms with Crippen molar-refractivity contribution < 1.29 is 28.6 Å². The Kier molecular flexibility index (Phi) is 7.72. The van der Waals surface area contributed by atoms with Crippen LogP contribution in [0, 0.1) is 5.92 Å². The molecule has 4 N–H and O–H groups in total. The first kappa shape index (κ1) is 22.4. The summed E-state index contributed by atoms with van der Waals surface area (Å²) in [6.07, 6.45) is 2.36. The number of urea groups is 1. The summed E-state index contributed by atoms with van der Waals surface area (Å²) in [4.78, 5) is 35.9.